The van der Waals surface area contributed by atoms with Gasteiger partial charge in [-0.3, -0.25) is 4.57 Å². The third kappa shape index (κ3) is 3.43. The van der Waals surface area contributed by atoms with E-state index in [1.807, 2.05) is 72.9 Å². The zero-order valence-electron chi connectivity index (χ0n) is 18.9. The number of imidazole rings is 1. The molecule has 7 rings (SSSR count). The molecule has 0 saturated heterocycles. The Labute approximate surface area is 221 Å². The molecule has 0 bridgehead atoms. The van der Waals surface area contributed by atoms with Crippen molar-refractivity contribution in [3.63, 3.8) is 0 Å². The molecule has 0 unspecified atom stereocenters. The third-order valence-electron chi connectivity index (χ3n) is 6.44. The Hall–Kier alpha value is -4.21. The van der Waals surface area contributed by atoms with Gasteiger partial charge in [0, 0.05) is 43.3 Å². The minimum absolute atomic E-state index is 0. The van der Waals surface area contributed by atoms with Crippen molar-refractivity contribution < 1.29 is 26.2 Å². The van der Waals surface area contributed by atoms with E-state index < -0.39 is 0 Å². The van der Waals surface area contributed by atoms with Crippen LogP contribution in [0, 0.1) is 0 Å². The first-order valence-electron chi connectivity index (χ1n) is 11.4. The van der Waals surface area contributed by atoms with Crippen LogP contribution in [0.25, 0.3) is 61.2 Å². The van der Waals surface area contributed by atoms with Crippen LogP contribution in [-0.4, -0.2) is 19.6 Å². The number of hydrogen-bond donors (Lipinski definition) is 1. The van der Waals surface area contributed by atoms with E-state index in [9.17, 15) is 5.11 Å². The molecule has 5 nitrogen and oxygen atoms in total. The van der Waals surface area contributed by atoms with Crippen molar-refractivity contribution in [2.24, 2.45) is 0 Å². The van der Waals surface area contributed by atoms with Gasteiger partial charge >= 0.3 is 0 Å². The molecule has 6 heteroatoms. The van der Waals surface area contributed by atoms with Crippen LogP contribution in [0.1, 0.15) is 0 Å². The largest absolute Gasteiger partial charge is 0.663 e. The minimum atomic E-state index is 0. The summed E-state index contributed by atoms with van der Waals surface area (Å²) in [5.41, 5.74) is 7.00. The second-order valence-corrected chi connectivity index (χ2v) is 8.51. The van der Waals surface area contributed by atoms with Crippen LogP contribution in [0.15, 0.2) is 109 Å². The van der Waals surface area contributed by atoms with E-state index in [1.165, 1.54) is 0 Å². The Morgan fingerprint density at radius 2 is 1.42 bits per heavy atom. The Morgan fingerprint density at radius 3 is 2.31 bits per heavy atom. The predicted octanol–water partition coefficient (Wildman–Crippen LogP) is 6.72. The molecule has 0 aliphatic heterocycles. The first kappa shape index (κ1) is 22.3. The SMILES string of the molecule is Oc1cccc2ccc(-c3cccc4c3nc(-c3cccc5cc[n-]c35)n4-c3ccccc3)nc12.[Pt]. The summed E-state index contributed by atoms with van der Waals surface area (Å²) in [5, 5.41) is 12.4. The number of aromatic hydroxyl groups is 1. The van der Waals surface area contributed by atoms with E-state index in [1.54, 1.807) is 6.07 Å². The van der Waals surface area contributed by atoms with E-state index >= 15 is 0 Å². The molecule has 0 fully saturated rings. The number of benzene rings is 4. The van der Waals surface area contributed by atoms with Crippen molar-refractivity contribution in [2.75, 3.05) is 0 Å². The molecule has 36 heavy (non-hydrogen) atoms. The number of fused-ring (bicyclic) bond motifs is 3. The summed E-state index contributed by atoms with van der Waals surface area (Å²) in [7, 11) is 0. The van der Waals surface area contributed by atoms with Crippen molar-refractivity contribution in [1.29, 1.82) is 0 Å². The standard InChI is InChI=1S/C30H19N4O.Pt/c35-26-14-5-8-19-15-16-24(32-28(19)26)22-11-6-13-25-29(22)33-30(34(25)21-9-2-1-3-10-21)23-12-4-7-20-17-18-31-27(20)23;/h1-18H,(H-,31,32,33,35);/q-1;. The number of hydrogen-bond acceptors (Lipinski definition) is 3. The van der Waals surface area contributed by atoms with Crippen molar-refractivity contribution in [2.45, 2.75) is 0 Å². The monoisotopic (exact) mass is 646 g/mol. The second kappa shape index (κ2) is 8.78. The molecular weight excluding hydrogens is 627 g/mol. The topological polar surface area (TPSA) is 65.0 Å². The molecule has 176 valence electrons. The van der Waals surface area contributed by atoms with Crippen molar-refractivity contribution in [1.82, 2.24) is 19.5 Å². The first-order chi connectivity index (χ1) is 17.3. The van der Waals surface area contributed by atoms with Crippen LogP contribution in [0.4, 0.5) is 0 Å². The number of aromatic nitrogens is 4. The first-order valence-corrected chi connectivity index (χ1v) is 11.4. The number of nitrogens with zero attached hydrogens (tertiary/aromatic N) is 4. The summed E-state index contributed by atoms with van der Waals surface area (Å²) in [6, 6.07) is 34.0. The van der Waals surface area contributed by atoms with Crippen LogP contribution in [-0.2, 0) is 21.1 Å². The van der Waals surface area contributed by atoms with Gasteiger partial charge in [0.25, 0.3) is 0 Å². The summed E-state index contributed by atoms with van der Waals surface area (Å²) in [6.45, 7) is 0. The smallest absolute Gasteiger partial charge is 0.144 e. The van der Waals surface area contributed by atoms with Crippen LogP contribution in [0.3, 0.4) is 0 Å². The Kier molecular flexibility index (Phi) is 5.43. The van der Waals surface area contributed by atoms with E-state index in [2.05, 4.69) is 39.9 Å². The number of para-hydroxylation sites is 4. The maximum atomic E-state index is 10.4. The summed E-state index contributed by atoms with van der Waals surface area (Å²) in [5.74, 6) is 0.993. The summed E-state index contributed by atoms with van der Waals surface area (Å²) >= 11 is 0. The fourth-order valence-electron chi connectivity index (χ4n) is 4.82. The quantitative estimate of drug-likeness (QED) is 0.232. The van der Waals surface area contributed by atoms with Gasteiger partial charge in [0.15, 0.2) is 0 Å². The molecule has 1 N–H and O–H groups in total. The Morgan fingerprint density at radius 1 is 0.639 bits per heavy atom. The maximum Gasteiger partial charge on any atom is 0.144 e. The maximum absolute atomic E-state index is 10.4. The second-order valence-electron chi connectivity index (χ2n) is 8.51. The van der Waals surface area contributed by atoms with Crippen molar-refractivity contribution in [3.8, 4) is 34.1 Å². The molecule has 0 aliphatic rings. The predicted molar refractivity (Wildman–Crippen MR) is 140 cm³/mol. The Bertz CT molecular complexity index is 1870. The molecule has 0 saturated carbocycles. The van der Waals surface area contributed by atoms with Gasteiger partial charge in [-0.05, 0) is 35.7 Å². The number of rotatable bonds is 3. The van der Waals surface area contributed by atoms with Crippen LogP contribution >= 0.6 is 0 Å². The van der Waals surface area contributed by atoms with Gasteiger partial charge in [-0.15, -0.1) is 5.52 Å². The van der Waals surface area contributed by atoms with Gasteiger partial charge in [-0.2, -0.15) is 6.20 Å². The molecule has 3 heterocycles. The summed E-state index contributed by atoms with van der Waals surface area (Å²) < 4.78 is 2.18. The van der Waals surface area contributed by atoms with Gasteiger partial charge in [-0.25, -0.2) is 9.97 Å². The van der Waals surface area contributed by atoms with Gasteiger partial charge in [0.05, 0.1) is 16.7 Å². The molecule has 4 aromatic carbocycles. The average Bonchev–Trinajstić information content (AvgIpc) is 3.54. The van der Waals surface area contributed by atoms with E-state index in [-0.39, 0.29) is 26.8 Å². The van der Waals surface area contributed by atoms with Crippen LogP contribution in [0.5, 0.6) is 5.75 Å². The molecule has 0 radical (unpaired) electrons. The van der Waals surface area contributed by atoms with Crippen molar-refractivity contribution >= 4 is 32.8 Å². The van der Waals surface area contributed by atoms with E-state index in [4.69, 9.17) is 9.97 Å². The molecule has 0 spiro atoms. The zero-order valence-corrected chi connectivity index (χ0v) is 21.2. The van der Waals surface area contributed by atoms with E-state index in [0.717, 1.165) is 55.7 Å². The molecule has 0 atom stereocenters. The van der Waals surface area contributed by atoms with Gasteiger partial charge < -0.3 is 10.1 Å². The van der Waals surface area contributed by atoms with Gasteiger partial charge in [0.2, 0.25) is 0 Å². The minimum Gasteiger partial charge on any atom is -0.663 e. The molecule has 3 aromatic heterocycles. The van der Waals surface area contributed by atoms with Crippen LogP contribution in [0.2, 0.25) is 0 Å². The summed E-state index contributed by atoms with van der Waals surface area (Å²) in [6.07, 6.45) is 1.83. The molecule has 0 amide bonds. The normalized spacial score (nSPS) is 11.2. The number of phenolic OH excluding ortho intramolecular Hbond substituents is 1. The number of pyridine rings is 1. The van der Waals surface area contributed by atoms with Crippen molar-refractivity contribution in [3.05, 3.63) is 109 Å². The fourth-order valence-corrected chi connectivity index (χ4v) is 4.82. The molecule has 7 aromatic rings. The summed E-state index contributed by atoms with van der Waals surface area (Å²) in [4.78, 5) is 14.6. The van der Waals surface area contributed by atoms with Crippen LogP contribution < -0.4 is 4.98 Å². The molecular formula is C30H19N4OPt-. The average molecular weight is 647 g/mol. The third-order valence-corrected chi connectivity index (χ3v) is 6.44. The van der Waals surface area contributed by atoms with Gasteiger partial charge in [-0.1, -0.05) is 72.8 Å². The van der Waals surface area contributed by atoms with E-state index in [0.29, 0.717) is 5.52 Å². The van der Waals surface area contributed by atoms with Gasteiger partial charge in [0.1, 0.15) is 17.1 Å². The zero-order chi connectivity index (χ0) is 23.4. The molecule has 0 aliphatic carbocycles. The number of phenols is 1. The Balaban J connectivity index is 0.00000240. The fraction of sp³-hybridized carbons (Fsp3) is 0.